The molecule has 2 unspecified atom stereocenters. The summed E-state index contributed by atoms with van der Waals surface area (Å²) in [5.74, 6) is 1.33. The molecule has 1 aromatic heterocycles. The van der Waals surface area contributed by atoms with Gasteiger partial charge in [0.05, 0.1) is 0 Å². The standard InChI is InChI=1S/C14H19NO2/c1-7-3-4-9-8(2)6-11-12(10(9)5-7)14(17)15-13(11)16/h7,10,15-17H,3-6H2,1-2H3. The molecule has 0 amide bonds. The highest BCUT2D eigenvalue weighted by Crippen LogP contribution is 2.51. The normalized spacial score (nSPS) is 27.9. The number of hydrogen-bond acceptors (Lipinski definition) is 2. The Kier molecular flexibility index (Phi) is 2.25. The summed E-state index contributed by atoms with van der Waals surface area (Å²) >= 11 is 0. The van der Waals surface area contributed by atoms with Crippen LogP contribution in [0.5, 0.6) is 11.8 Å². The van der Waals surface area contributed by atoms with Crippen LogP contribution in [0.4, 0.5) is 0 Å². The van der Waals surface area contributed by atoms with Gasteiger partial charge in [0.1, 0.15) is 0 Å². The van der Waals surface area contributed by atoms with Gasteiger partial charge in [-0.3, -0.25) is 4.98 Å². The molecule has 0 radical (unpaired) electrons. The fourth-order valence-electron chi connectivity index (χ4n) is 3.50. The Balaban J connectivity index is 2.12. The molecule has 1 fully saturated rings. The lowest BCUT2D eigenvalue weighted by atomic mass is 9.69. The predicted octanol–water partition coefficient (Wildman–Crippen LogP) is 3.20. The summed E-state index contributed by atoms with van der Waals surface area (Å²) in [5, 5.41) is 19.8. The molecule has 3 nitrogen and oxygen atoms in total. The summed E-state index contributed by atoms with van der Waals surface area (Å²) in [7, 11) is 0. The summed E-state index contributed by atoms with van der Waals surface area (Å²) in [5.41, 5.74) is 4.73. The smallest absolute Gasteiger partial charge is 0.195 e. The van der Waals surface area contributed by atoms with Gasteiger partial charge in [-0.1, -0.05) is 18.1 Å². The molecule has 3 rings (SSSR count). The maximum absolute atomic E-state index is 9.95. The van der Waals surface area contributed by atoms with Crippen molar-refractivity contribution in [2.75, 3.05) is 0 Å². The Labute approximate surface area is 101 Å². The molecule has 2 aliphatic rings. The topological polar surface area (TPSA) is 56.2 Å². The first-order valence-corrected chi connectivity index (χ1v) is 6.39. The van der Waals surface area contributed by atoms with Crippen LogP contribution in [-0.4, -0.2) is 15.2 Å². The monoisotopic (exact) mass is 233 g/mol. The van der Waals surface area contributed by atoms with Crippen LogP contribution < -0.4 is 0 Å². The number of nitrogens with one attached hydrogen (secondary N) is 1. The average molecular weight is 233 g/mol. The molecular formula is C14H19NO2. The van der Waals surface area contributed by atoms with Gasteiger partial charge in [0.25, 0.3) is 0 Å². The number of rotatable bonds is 0. The fourth-order valence-corrected chi connectivity index (χ4v) is 3.50. The molecule has 1 aromatic rings. The largest absolute Gasteiger partial charge is 0.494 e. The van der Waals surface area contributed by atoms with Crippen molar-refractivity contribution >= 4 is 0 Å². The van der Waals surface area contributed by atoms with Crippen molar-refractivity contribution in [1.82, 2.24) is 4.98 Å². The first-order valence-electron chi connectivity index (χ1n) is 6.39. The molecule has 3 N–H and O–H groups in total. The molecule has 2 atom stereocenters. The number of fused-ring (bicyclic) bond motifs is 3. The van der Waals surface area contributed by atoms with Crippen LogP contribution in [0.15, 0.2) is 11.1 Å². The van der Waals surface area contributed by atoms with Crippen molar-refractivity contribution < 1.29 is 10.2 Å². The number of hydrogen-bond donors (Lipinski definition) is 3. The molecule has 0 aromatic carbocycles. The van der Waals surface area contributed by atoms with Crippen LogP contribution in [0.3, 0.4) is 0 Å². The van der Waals surface area contributed by atoms with E-state index in [0.29, 0.717) is 11.8 Å². The van der Waals surface area contributed by atoms with Crippen molar-refractivity contribution in [2.24, 2.45) is 5.92 Å². The van der Waals surface area contributed by atoms with Gasteiger partial charge in [-0.15, -0.1) is 0 Å². The van der Waals surface area contributed by atoms with Crippen molar-refractivity contribution in [3.8, 4) is 11.8 Å². The quantitative estimate of drug-likeness (QED) is 0.603. The van der Waals surface area contributed by atoms with Gasteiger partial charge in [0.15, 0.2) is 11.8 Å². The van der Waals surface area contributed by atoms with E-state index in [9.17, 15) is 10.2 Å². The first kappa shape index (κ1) is 10.8. The lowest BCUT2D eigenvalue weighted by molar-refractivity contribution is 0.385. The van der Waals surface area contributed by atoms with Gasteiger partial charge in [-0.2, -0.15) is 0 Å². The van der Waals surface area contributed by atoms with Crippen LogP contribution >= 0.6 is 0 Å². The lowest BCUT2D eigenvalue weighted by Gasteiger charge is -2.34. The third-order valence-electron chi connectivity index (χ3n) is 4.41. The van der Waals surface area contributed by atoms with E-state index >= 15 is 0 Å². The molecule has 2 aliphatic carbocycles. The van der Waals surface area contributed by atoms with Crippen LogP contribution in [0.25, 0.3) is 0 Å². The fraction of sp³-hybridized carbons (Fsp3) is 0.571. The second-order valence-corrected chi connectivity index (χ2v) is 5.63. The van der Waals surface area contributed by atoms with Gasteiger partial charge in [0.2, 0.25) is 0 Å². The van der Waals surface area contributed by atoms with E-state index in [1.165, 1.54) is 17.6 Å². The Morgan fingerprint density at radius 1 is 1.24 bits per heavy atom. The lowest BCUT2D eigenvalue weighted by Crippen LogP contribution is -2.20. The molecule has 92 valence electrons. The molecule has 1 heterocycles. The van der Waals surface area contributed by atoms with Crippen molar-refractivity contribution in [1.29, 1.82) is 0 Å². The second kappa shape index (κ2) is 3.56. The second-order valence-electron chi connectivity index (χ2n) is 5.63. The summed E-state index contributed by atoms with van der Waals surface area (Å²) in [6, 6.07) is 0. The van der Waals surface area contributed by atoms with Crippen LogP contribution in [0, 0.1) is 5.92 Å². The highest BCUT2D eigenvalue weighted by Gasteiger charge is 2.35. The van der Waals surface area contributed by atoms with E-state index in [4.69, 9.17) is 0 Å². The molecule has 0 bridgehead atoms. The molecule has 1 saturated carbocycles. The minimum Gasteiger partial charge on any atom is -0.494 e. The Bertz CT molecular complexity index is 499. The number of aromatic amines is 1. The van der Waals surface area contributed by atoms with Crippen LogP contribution in [0.2, 0.25) is 0 Å². The summed E-state index contributed by atoms with van der Waals surface area (Å²) in [6.07, 6.45) is 4.25. The van der Waals surface area contributed by atoms with Crippen molar-refractivity contribution in [3.05, 3.63) is 22.3 Å². The van der Waals surface area contributed by atoms with Gasteiger partial charge in [-0.05, 0) is 38.5 Å². The minimum absolute atomic E-state index is 0.147. The zero-order valence-corrected chi connectivity index (χ0v) is 10.4. The van der Waals surface area contributed by atoms with Crippen molar-refractivity contribution in [3.63, 3.8) is 0 Å². The zero-order valence-electron chi connectivity index (χ0n) is 10.4. The first-order chi connectivity index (χ1) is 8.08. The molecule has 0 spiro atoms. The predicted molar refractivity (Wildman–Crippen MR) is 66.3 cm³/mol. The minimum atomic E-state index is 0.147. The Hall–Kier alpha value is -1.38. The van der Waals surface area contributed by atoms with Gasteiger partial charge < -0.3 is 10.2 Å². The van der Waals surface area contributed by atoms with Crippen LogP contribution in [-0.2, 0) is 6.42 Å². The van der Waals surface area contributed by atoms with E-state index in [-0.39, 0.29) is 11.8 Å². The third kappa shape index (κ3) is 1.48. The molecule has 0 saturated heterocycles. The molecular weight excluding hydrogens is 214 g/mol. The third-order valence-corrected chi connectivity index (χ3v) is 4.41. The Morgan fingerprint density at radius 2 is 2.00 bits per heavy atom. The summed E-state index contributed by atoms with van der Waals surface area (Å²) in [6.45, 7) is 4.43. The van der Waals surface area contributed by atoms with Gasteiger partial charge in [0, 0.05) is 17.0 Å². The molecule has 17 heavy (non-hydrogen) atoms. The maximum Gasteiger partial charge on any atom is 0.195 e. The van der Waals surface area contributed by atoms with Crippen LogP contribution in [0.1, 0.15) is 50.2 Å². The number of aromatic hydroxyl groups is 2. The van der Waals surface area contributed by atoms with E-state index < -0.39 is 0 Å². The van der Waals surface area contributed by atoms with Gasteiger partial charge in [-0.25, -0.2) is 0 Å². The van der Waals surface area contributed by atoms with Gasteiger partial charge >= 0.3 is 0 Å². The summed E-state index contributed by atoms with van der Waals surface area (Å²) in [4.78, 5) is 2.67. The highest BCUT2D eigenvalue weighted by molar-refractivity contribution is 5.54. The van der Waals surface area contributed by atoms with E-state index in [1.54, 1.807) is 0 Å². The SMILES string of the molecule is CC1=C2CCC(C)CC2c2c(O)[nH]c(O)c2C1. The number of allylic oxidation sites excluding steroid dienone is 2. The van der Waals surface area contributed by atoms with Crippen molar-refractivity contribution in [2.45, 2.75) is 45.4 Å². The van der Waals surface area contributed by atoms with E-state index in [1.807, 2.05) is 0 Å². The number of aromatic nitrogens is 1. The van der Waals surface area contributed by atoms with E-state index in [0.717, 1.165) is 30.4 Å². The maximum atomic E-state index is 9.95. The zero-order chi connectivity index (χ0) is 12.2. The van der Waals surface area contributed by atoms with E-state index in [2.05, 4.69) is 18.8 Å². The average Bonchev–Trinajstić information content (AvgIpc) is 2.54. The summed E-state index contributed by atoms with van der Waals surface area (Å²) < 4.78 is 0. The molecule has 0 aliphatic heterocycles. The number of H-pyrrole nitrogens is 1. The molecule has 3 heteroatoms. The highest BCUT2D eigenvalue weighted by atomic mass is 16.3. The Morgan fingerprint density at radius 3 is 2.76 bits per heavy atom.